The molecule has 0 heterocycles. The van der Waals surface area contributed by atoms with Gasteiger partial charge in [-0.25, -0.2) is 0 Å². The summed E-state index contributed by atoms with van der Waals surface area (Å²) in [6.45, 7) is 0. The van der Waals surface area contributed by atoms with Gasteiger partial charge in [-0.05, 0) is 36.1 Å². The van der Waals surface area contributed by atoms with Crippen molar-refractivity contribution in [3.63, 3.8) is 0 Å². The van der Waals surface area contributed by atoms with Gasteiger partial charge in [0.05, 0.1) is 11.8 Å². The number of aliphatic hydroxyl groups excluding tert-OH is 1. The summed E-state index contributed by atoms with van der Waals surface area (Å²) in [5.74, 6) is 0.0988. The second kappa shape index (κ2) is 5.56. The van der Waals surface area contributed by atoms with Crippen molar-refractivity contribution in [3.05, 3.63) is 59.7 Å². The summed E-state index contributed by atoms with van der Waals surface area (Å²) in [5, 5.41) is 19.5. The van der Waals surface area contributed by atoms with Gasteiger partial charge in [0.25, 0.3) is 0 Å². The van der Waals surface area contributed by atoms with Gasteiger partial charge in [-0.1, -0.05) is 36.4 Å². The third-order valence-corrected chi connectivity index (χ3v) is 2.99. The van der Waals surface area contributed by atoms with Gasteiger partial charge in [0.2, 0.25) is 0 Å². The molecule has 1 unspecified atom stereocenters. The fourth-order valence-corrected chi connectivity index (χ4v) is 1.89. The number of rotatable bonds is 4. The van der Waals surface area contributed by atoms with Crippen LogP contribution in [0.2, 0.25) is 0 Å². The van der Waals surface area contributed by atoms with Crippen molar-refractivity contribution in [2.45, 2.75) is 18.9 Å². The van der Waals surface area contributed by atoms with Crippen molar-refractivity contribution in [1.29, 1.82) is 0 Å². The maximum atomic E-state index is 10.0. The smallest absolute Gasteiger partial charge is 0.138 e. The second-order valence-electron chi connectivity index (χ2n) is 4.36. The van der Waals surface area contributed by atoms with E-state index in [2.05, 4.69) is 0 Å². The van der Waals surface area contributed by atoms with Crippen LogP contribution in [0.25, 0.3) is 0 Å². The molecule has 94 valence electrons. The molecule has 2 rings (SSSR count). The Hall–Kier alpha value is -2.00. The van der Waals surface area contributed by atoms with E-state index in [0.717, 1.165) is 11.1 Å². The molecule has 1 atom stereocenters. The fourth-order valence-electron chi connectivity index (χ4n) is 1.89. The van der Waals surface area contributed by atoms with Crippen LogP contribution < -0.4 is 5.73 Å². The zero-order valence-corrected chi connectivity index (χ0v) is 10.1. The van der Waals surface area contributed by atoms with E-state index in [1.165, 1.54) is 0 Å². The van der Waals surface area contributed by atoms with Crippen LogP contribution in [0.1, 0.15) is 23.7 Å². The Morgan fingerprint density at radius 3 is 2.44 bits per heavy atom. The molecule has 0 amide bonds. The Morgan fingerprint density at radius 1 is 1.06 bits per heavy atom. The third kappa shape index (κ3) is 3.02. The molecule has 0 aliphatic carbocycles. The van der Waals surface area contributed by atoms with E-state index >= 15 is 0 Å². The van der Waals surface area contributed by atoms with E-state index in [0.29, 0.717) is 18.5 Å². The fraction of sp³-hybridized carbons (Fsp3) is 0.200. The number of aryl methyl sites for hydroxylation is 1. The molecule has 18 heavy (non-hydrogen) atoms. The topological polar surface area (TPSA) is 66.5 Å². The van der Waals surface area contributed by atoms with E-state index < -0.39 is 6.10 Å². The highest BCUT2D eigenvalue weighted by atomic mass is 16.3. The Bertz CT molecular complexity index is 511. The normalized spacial score (nSPS) is 12.3. The molecule has 0 bridgehead atoms. The number of aromatic hydroxyl groups is 1. The van der Waals surface area contributed by atoms with E-state index in [9.17, 15) is 10.2 Å². The summed E-state index contributed by atoms with van der Waals surface area (Å²) < 4.78 is 0. The van der Waals surface area contributed by atoms with Crippen LogP contribution in [-0.2, 0) is 6.42 Å². The summed E-state index contributed by atoms with van der Waals surface area (Å²) in [5.41, 5.74) is 7.80. The van der Waals surface area contributed by atoms with Crippen LogP contribution in [0, 0.1) is 0 Å². The highest BCUT2D eigenvalue weighted by molar-refractivity contribution is 5.52. The number of hydrogen-bond acceptors (Lipinski definition) is 3. The summed E-state index contributed by atoms with van der Waals surface area (Å²) in [4.78, 5) is 0. The largest absolute Gasteiger partial charge is 0.506 e. The van der Waals surface area contributed by atoms with E-state index in [4.69, 9.17) is 5.73 Å². The van der Waals surface area contributed by atoms with Crippen molar-refractivity contribution < 1.29 is 10.2 Å². The summed E-state index contributed by atoms with van der Waals surface area (Å²) in [6.07, 6.45) is 0.836. The van der Waals surface area contributed by atoms with Crippen LogP contribution >= 0.6 is 0 Å². The van der Waals surface area contributed by atoms with Gasteiger partial charge < -0.3 is 15.9 Å². The first-order chi connectivity index (χ1) is 8.66. The number of benzene rings is 2. The average molecular weight is 243 g/mol. The molecule has 3 nitrogen and oxygen atoms in total. The molecular formula is C15H17NO2. The number of phenols is 1. The minimum atomic E-state index is -0.481. The molecule has 3 heteroatoms. The molecule has 0 aliphatic heterocycles. The third-order valence-electron chi connectivity index (χ3n) is 2.99. The maximum absolute atomic E-state index is 10.0. The van der Waals surface area contributed by atoms with E-state index in [1.807, 2.05) is 36.4 Å². The summed E-state index contributed by atoms with van der Waals surface area (Å²) >= 11 is 0. The Kier molecular flexibility index (Phi) is 3.85. The number of phenolic OH excluding ortho intramolecular Hbond substituents is 1. The van der Waals surface area contributed by atoms with Gasteiger partial charge in [-0.15, -0.1) is 0 Å². The van der Waals surface area contributed by atoms with Crippen LogP contribution in [0.4, 0.5) is 5.69 Å². The van der Waals surface area contributed by atoms with Crippen LogP contribution in [0.3, 0.4) is 0 Å². The van der Waals surface area contributed by atoms with Crippen molar-refractivity contribution in [2.75, 3.05) is 5.73 Å². The quantitative estimate of drug-likeness (QED) is 0.571. The van der Waals surface area contributed by atoms with Gasteiger partial charge in [0.1, 0.15) is 5.75 Å². The Labute approximate surface area is 107 Å². The monoisotopic (exact) mass is 243 g/mol. The molecular weight excluding hydrogens is 226 g/mol. The zero-order chi connectivity index (χ0) is 13.0. The number of anilines is 1. The van der Waals surface area contributed by atoms with Crippen LogP contribution in [0.15, 0.2) is 48.5 Å². The number of nitrogen functional groups attached to an aromatic ring is 1. The molecule has 0 aromatic heterocycles. The van der Waals surface area contributed by atoms with Crippen LogP contribution in [-0.4, -0.2) is 10.2 Å². The molecule has 0 aliphatic rings. The minimum Gasteiger partial charge on any atom is -0.506 e. The molecule has 2 aromatic carbocycles. The minimum absolute atomic E-state index is 0.0988. The lowest BCUT2D eigenvalue weighted by atomic mass is 10.0. The van der Waals surface area contributed by atoms with Gasteiger partial charge in [-0.2, -0.15) is 0 Å². The lowest BCUT2D eigenvalue weighted by Crippen LogP contribution is -1.99. The number of nitrogens with two attached hydrogens (primary N) is 1. The van der Waals surface area contributed by atoms with Crippen molar-refractivity contribution in [3.8, 4) is 5.75 Å². The number of hydrogen-bond donors (Lipinski definition) is 3. The molecule has 2 aromatic rings. The van der Waals surface area contributed by atoms with Crippen molar-refractivity contribution in [2.24, 2.45) is 0 Å². The molecule has 0 radical (unpaired) electrons. The molecule has 0 fully saturated rings. The summed E-state index contributed by atoms with van der Waals surface area (Å²) in [6, 6.07) is 14.8. The second-order valence-corrected chi connectivity index (χ2v) is 4.36. The first kappa shape index (κ1) is 12.5. The van der Waals surface area contributed by atoms with Crippen LogP contribution in [0.5, 0.6) is 5.75 Å². The molecule has 0 spiro atoms. The average Bonchev–Trinajstić information content (AvgIpc) is 2.41. The molecule has 0 saturated carbocycles. The molecule has 4 N–H and O–H groups in total. The predicted octanol–water partition coefficient (Wildman–Crippen LogP) is 2.64. The molecule has 0 saturated heterocycles. The Balaban J connectivity index is 1.97. The lowest BCUT2D eigenvalue weighted by molar-refractivity contribution is 0.168. The standard InChI is InChI=1S/C15H17NO2/c16-13-8-6-11(10-15(13)18)7-9-14(17)12-4-2-1-3-5-12/h1-6,8,10,14,17-18H,7,9,16H2. The van der Waals surface area contributed by atoms with Crippen molar-refractivity contribution in [1.82, 2.24) is 0 Å². The van der Waals surface area contributed by atoms with Crippen molar-refractivity contribution >= 4 is 5.69 Å². The SMILES string of the molecule is Nc1ccc(CCC(O)c2ccccc2)cc1O. The number of aliphatic hydroxyl groups is 1. The van der Waals surface area contributed by atoms with E-state index in [-0.39, 0.29) is 5.75 Å². The maximum Gasteiger partial charge on any atom is 0.138 e. The zero-order valence-electron chi connectivity index (χ0n) is 10.1. The predicted molar refractivity (Wildman–Crippen MR) is 72.2 cm³/mol. The van der Waals surface area contributed by atoms with Gasteiger partial charge in [0.15, 0.2) is 0 Å². The van der Waals surface area contributed by atoms with Gasteiger partial charge in [0, 0.05) is 0 Å². The van der Waals surface area contributed by atoms with Gasteiger partial charge >= 0.3 is 0 Å². The Morgan fingerprint density at radius 2 is 1.78 bits per heavy atom. The van der Waals surface area contributed by atoms with Gasteiger partial charge in [-0.3, -0.25) is 0 Å². The highest BCUT2D eigenvalue weighted by Gasteiger charge is 2.07. The lowest BCUT2D eigenvalue weighted by Gasteiger charge is -2.11. The first-order valence-electron chi connectivity index (χ1n) is 5.97. The first-order valence-corrected chi connectivity index (χ1v) is 5.97. The van der Waals surface area contributed by atoms with E-state index in [1.54, 1.807) is 12.1 Å². The summed E-state index contributed by atoms with van der Waals surface area (Å²) in [7, 11) is 0. The highest BCUT2D eigenvalue weighted by Crippen LogP contribution is 2.24.